The van der Waals surface area contributed by atoms with Gasteiger partial charge in [0.2, 0.25) is 0 Å². The van der Waals surface area contributed by atoms with Crippen molar-refractivity contribution in [2.75, 3.05) is 7.11 Å². The molecule has 4 heteroatoms. The Morgan fingerprint density at radius 3 is 2.42 bits per heavy atom. The molecule has 1 atom stereocenters. The molecule has 1 heterocycles. The Kier molecular flexibility index (Phi) is 4.46. The maximum absolute atomic E-state index is 6.36. The lowest BCUT2D eigenvalue weighted by molar-refractivity contribution is 0.00848. The van der Waals surface area contributed by atoms with Crippen molar-refractivity contribution >= 4 is 11.6 Å². The number of methoxy groups -OCH3 is 1. The molecule has 0 bridgehead atoms. The molecule has 1 aliphatic carbocycles. The van der Waals surface area contributed by atoms with E-state index in [2.05, 4.69) is 25.8 Å². The molecule has 0 fully saturated rings. The molecule has 1 aromatic rings. The minimum atomic E-state index is -0.126. The van der Waals surface area contributed by atoms with Gasteiger partial charge in [-0.3, -0.25) is 0 Å². The summed E-state index contributed by atoms with van der Waals surface area (Å²) in [7, 11) is 1.71. The molecule has 1 aromatic heterocycles. The van der Waals surface area contributed by atoms with E-state index in [0.717, 1.165) is 29.9 Å². The summed E-state index contributed by atoms with van der Waals surface area (Å²) < 4.78 is 5.59. The largest absolute Gasteiger partial charge is 0.373 e. The zero-order chi connectivity index (χ0) is 14.0. The van der Waals surface area contributed by atoms with Gasteiger partial charge in [0.1, 0.15) is 11.3 Å². The maximum atomic E-state index is 6.36. The van der Waals surface area contributed by atoms with E-state index in [1.165, 1.54) is 19.3 Å². The van der Waals surface area contributed by atoms with Gasteiger partial charge in [-0.05, 0) is 31.1 Å². The van der Waals surface area contributed by atoms with Crippen LogP contribution in [0.1, 0.15) is 63.2 Å². The molecule has 0 N–H and O–H groups in total. The molecule has 2 rings (SSSR count). The van der Waals surface area contributed by atoms with Crippen LogP contribution >= 0.6 is 11.6 Å². The first-order chi connectivity index (χ1) is 8.93. The average Bonchev–Trinajstić information content (AvgIpc) is 2.53. The summed E-state index contributed by atoms with van der Waals surface area (Å²) in [6.45, 7) is 6.39. The second-order valence-electron chi connectivity index (χ2n) is 6.34. The molecule has 19 heavy (non-hydrogen) atoms. The summed E-state index contributed by atoms with van der Waals surface area (Å²) in [4.78, 5) is 9.25. The number of aromatic nitrogens is 2. The summed E-state index contributed by atoms with van der Waals surface area (Å²) in [6, 6.07) is 0. The number of aryl methyl sites for hydroxylation is 1. The van der Waals surface area contributed by atoms with Gasteiger partial charge in [-0.25, -0.2) is 9.97 Å². The summed E-state index contributed by atoms with van der Waals surface area (Å²) in [5.41, 5.74) is 2.22. The summed E-state index contributed by atoms with van der Waals surface area (Å²) >= 11 is 6.36. The van der Waals surface area contributed by atoms with Crippen molar-refractivity contribution in [3.8, 4) is 0 Å². The predicted molar refractivity (Wildman–Crippen MR) is 77.5 cm³/mol. The van der Waals surface area contributed by atoms with E-state index in [1.807, 2.05) is 0 Å². The fraction of sp³-hybridized carbons (Fsp3) is 0.733. The molecule has 0 saturated heterocycles. The number of hydrogen-bond donors (Lipinski definition) is 0. The van der Waals surface area contributed by atoms with Crippen LogP contribution < -0.4 is 0 Å². The summed E-state index contributed by atoms with van der Waals surface area (Å²) in [5.74, 6) is 0.723. The van der Waals surface area contributed by atoms with Crippen LogP contribution in [0.2, 0.25) is 5.15 Å². The third kappa shape index (κ3) is 3.26. The van der Waals surface area contributed by atoms with Gasteiger partial charge in [0.05, 0.1) is 0 Å². The second-order valence-corrected chi connectivity index (χ2v) is 6.70. The highest BCUT2D eigenvalue weighted by Gasteiger charge is 2.30. The third-order valence-corrected chi connectivity index (χ3v) is 3.97. The zero-order valence-corrected chi connectivity index (χ0v) is 13.0. The van der Waals surface area contributed by atoms with E-state index in [4.69, 9.17) is 21.3 Å². The molecule has 1 unspecified atom stereocenters. The first kappa shape index (κ1) is 14.7. The Morgan fingerprint density at radius 1 is 1.11 bits per heavy atom. The van der Waals surface area contributed by atoms with Crippen molar-refractivity contribution in [1.82, 2.24) is 9.97 Å². The molecule has 0 radical (unpaired) electrons. The second kappa shape index (κ2) is 5.76. The van der Waals surface area contributed by atoms with Crippen LogP contribution in [0.3, 0.4) is 0 Å². The molecule has 0 aliphatic heterocycles. The topological polar surface area (TPSA) is 35.0 Å². The lowest BCUT2D eigenvalue weighted by Gasteiger charge is -2.28. The highest BCUT2D eigenvalue weighted by molar-refractivity contribution is 6.30. The van der Waals surface area contributed by atoms with Gasteiger partial charge >= 0.3 is 0 Å². The third-order valence-electron chi connectivity index (χ3n) is 3.66. The first-order valence-corrected chi connectivity index (χ1v) is 7.39. The van der Waals surface area contributed by atoms with E-state index >= 15 is 0 Å². The van der Waals surface area contributed by atoms with Gasteiger partial charge < -0.3 is 4.74 Å². The minimum absolute atomic E-state index is 0.0446. The minimum Gasteiger partial charge on any atom is -0.373 e. The van der Waals surface area contributed by atoms with E-state index < -0.39 is 0 Å². The van der Waals surface area contributed by atoms with Crippen molar-refractivity contribution in [3.05, 3.63) is 22.2 Å². The molecule has 0 saturated carbocycles. The Balaban J connectivity index is 2.43. The Morgan fingerprint density at radius 2 is 1.79 bits per heavy atom. The van der Waals surface area contributed by atoms with Gasteiger partial charge in [-0.15, -0.1) is 0 Å². The fourth-order valence-corrected chi connectivity index (χ4v) is 3.00. The molecule has 106 valence electrons. The van der Waals surface area contributed by atoms with Crippen LogP contribution in [0, 0.1) is 5.41 Å². The monoisotopic (exact) mass is 282 g/mol. The molecule has 1 aliphatic rings. The first-order valence-electron chi connectivity index (χ1n) is 7.01. The molecule has 0 aromatic carbocycles. The summed E-state index contributed by atoms with van der Waals surface area (Å²) in [5, 5.41) is 0.619. The van der Waals surface area contributed by atoms with Gasteiger partial charge in [-0.1, -0.05) is 38.8 Å². The number of rotatable bonds is 2. The highest BCUT2D eigenvalue weighted by atomic mass is 35.5. The van der Waals surface area contributed by atoms with Crippen molar-refractivity contribution in [2.24, 2.45) is 5.41 Å². The Bertz CT molecular complexity index is 454. The number of halogens is 1. The molecular weight excluding hydrogens is 260 g/mol. The lowest BCUT2D eigenvalue weighted by Crippen LogP contribution is -2.23. The van der Waals surface area contributed by atoms with E-state index in [9.17, 15) is 0 Å². The molecule has 0 amide bonds. The number of nitrogens with zero attached hydrogens (tertiary/aromatic N) is 2. The zero-order valence-electron chi connectivity index (χ0n) is 12.3. The van der Waals surface area contributed by atoms with Gasteiger partial charge in [0.15, 0.2) is 5.82 Å². The van der Waals surface area contributed by atoms with Gasteiger partial charge in [0.25, 0.3) is 0 Å². The normalized spacial score (nSPS) is 17.7. The van der Waals surface area contributed by atoms with Crippen LogP contribution in [0.5, 0.6) is 0 Å². The summed E-state index contributed by atoms with van der Waals surface area (Å²) in [6.07, 6.45) is 5.50. The number of ether oxygens (including phenoxy) is 1. The van der Waals surface area contributed by atoms with Crippen molar-refractivity contribution in [2.45, 2.75) is 59.0 Å². The van der Waals surface area contributed by atoms with Gasteiger partial charge in [-0.2, -0.15) is 0 Å². The SMILES string of the molecule is COC(c1nc(Cl)c2c(n1)CCCCC2)C(C)(C)C. The quantitative estimate of drug-likeness (QED) is 0.604. The van der Waals surface area contributed by atoms with E-state index in [-0.39, 0.29) is 11.5 Å². The van der Waals surface area contributed by atoms with Crippen LogP contribution in [-0.4, -0.2) is 17.1 Å². The van der Waals surface area contributed by atoms with Crippen LogP contribution in [0.25, 0.3) is 0 Å². The smallest absolute Gasteiger partial charge is 0.159 e. The van der Waals surface area contributed by atoms with E-state index in [1.54, 1.807) is 7.11 Å². The van der Waals surface area contributed by atoms with Crippen molar-refractivity contribution < 1.29 is 4.74 Å². The van der Waals surface area contributed by atoms with Crippen LogP contribution in [0.15, 0.2) is 0 Å². The highest BCUT2D eigenvalue weighted by Crippen LogP contribution is 2.35. The molecular formula is C15H23ClN2O. The Labute approximate surface area is 120 Å². The Hall–Kier alpha value is -0.670. The number of fused-ring (bicyclic) bond motifs is 1. The fourth-order valence-electron chi connectivity index (χ4n) is 2.71. The lowest BCUT2D eigenvalue weighted by atomic mass is 9.88. The van der Waals surface area contributed by atoms with Crippen LogP contribution in [0.4, 0.5) is 0 Å². The number of hydrogen-bond acceptors (Lipinski definition) is 3. The van der Waals surface area contributed by atoms with Gasteiger partial charge in [0, 0.05) is 18.4 Å². The van der Waals surface area contributed by atoms with E-state index in [0.29, 0.717) is 5.15 Å². The standard InChI is InChI=1S/C15H23ClN2O/c1-15(2,3)12(19-4)14-17-11-9-7-5-6-8-10(11)13(16)18-14/h12H,5-9H2,1-4H3. The molecule has 3 nitrogen and oxygen atoms in total. The van der Waals surface area contributed by atoms with Crippen molar-refractivity contribution in [1.29, 1.82) is 0 Å². The predicted octanol–water partition coefficient (Wildman–Crippen LogP) is 4.13. The maximum Gasteiger partial charge on any atom is 0.159 e. The average molecular weight is 283 g/mol. The molecule has 0 spiro atoms. The van der Waals surface area contributed by atoms with Crippen molar-refractivity contribution in [3.63, 3.8) is 0 Å². The van der Waals surface area contributed by atoms with Crippen LogP contribution in [-0.2, 0) is 17.6 Å².